The summed E-state index contributed by atoms with van der Waals surface area (Å²) in [6.45, 7) is 0.333. The molecule has 166 valence electrons. The standard InChI is InChI=1S/C24H21N5O3S/c30-19(25-13-15-7-2-1-3-8-15)14-28-23-20(16-9-4-5-11-18(16)33-23)22-26-21(17-10-6-12-32-17)27-29(22)24(28)31/h1-3,6-8,10,12H,4-5,9,11,13-14H2,(H,25,30). The normalized spacial score (nSPS) is 13.5. The van der Waals surface area contributed by atoms with E-state index in [1.54, 1.807) is 29.7 Å². The lowest BCUT2D eigenvalue weighted by Gasteiger charge is -2.11. The van der Waals surface area contributed by atoms with Gasteiger partial charge < -0.3 is 9.73 Å². The number of nitrogens with one attached hydrogen (secondary N) is 1. The van der Waals surface area contributed by atoms with Crippen LogP contribution < -0.4 is 11.0 Å². The van der Waals surface area contributed by atoms with Gasteiger partial charge >= 0.3 is 5.69 Å². The summed E-state index contributed by atoms with van der Waals surface area (Å²) in [5.74, 6) is 0.641. The van der Waals surface area contributed by atoms with Crippen LogP contribution >= 0.6 is 11.3 Å². The lowest BCUT2D eigenvalue weighted by molar-refractivity contribution is -0.121. The van der Waals surface area contributed by atoms with Gasteiger partial charge in [-0.2, -0.15) is 4.52 Å². The molecule has 1 amide bonds. The van der Waals surface area contributed by atoms with Gasteiger partial charge in [-0.1, -0.05) is 30.3 Å². The van der Waals surface area contributed by atoms with Crippen molar-refractivity contribution >= 4 is 33.1 Å². The molecule has 8 nitrogen and oxygen atoms in total. The monoisotopic (exact) mass is 459 g/mol. The molecule has 1 aliphatic carbocycles. The fraction of sp³-hybridized carbons (Fsp3) is 0.250. The summed E-state index contributed by atoms with van der Waals surface area (Å²) in [4.78, 5) is 33.0. The maximum absolute atomic E-state index is 13.5. The molecule has 0 fully saturated rings. The first-order valence-corrected chi connectivity index (χ1v) is 11.8. The van der Waals surface area contributed by atoms with Gasteiger partial charge in [-0.15, -0.1) is 16.4 Å². The Bertz CT molecular complexity index is 1530. The summed E-state index contributed by atoms with van der Waals surface area (Å²) >= 11 is 1.60. The molecule has 0 saturated carbocycles. The lowest BCUT2D eigenvalue weighted by Crippen LogP contribution is -2.34. The van der Waals surface area contributed by atoms with Crippen molar-refractivity contribution in [2.45, 2.75) is 38.8 Å². The molecule has 0 aliphatic heterocycles. The SMILES string of the molecule is O=C(Cn1c(=O)n2nc(-c3ccco3)nc2c2c3c(sc21)CCCC3)NCc1ccccc1. The van der Waals surface area contributed by atoms with Crippen LogP contribution in [0.2, 0.25) is 0 Å². The number of nitrogens with zero attached hydrogens (tertiary/aromatic N) is 4. The van der Waals surface area contributed by atoms with Crippen LogP contribution in [0, 0.1) is 0 Å². The minimum atomic E-state index is -0.378. The number of aryl methyl sites for hydroxylation is 2. The van der Waals surface area contributed by atoms with Crippen molar-refractivity contribution in [1.29, 1.82) is 0 Å². The molecule has 4 heterocycles. The van der Waals surface area contributed by atoms with E-state index in [1.807, 2.05) is 30.3 Å². The van der Waals surface area contributed by atoms with Gasteiger partial charge in [0.2, 0.25) is 11.7 Å². The maximum atomic E-state index is 13.5. The number of furan rings is 1. The Balaban J connectivity index is 1.46. The summed E-state index contributed by atoms with van der Waals surface area (Å²) < 4.78 is 8.30. The Hall–Kier alpha value is -3.72. The van der Waals surface area contributed by atoms with Crippen molar-refractivity contribution in [3.05, 3.63) is 75.2 Å². The van der Waals surface area contributed by atoms with Gasteiger partial charge in [-0.05, 0) is 48.9 Å². The van der Waals surface area contributed by atoms with Gasteiger partial charge in [0.25, 0.3) is 0 Å². The largest absolute Gasteiger partial charge is 0.461 e. The van der Waals surface area contributed by atoms with Crippen LogP contribution in [0.1, 0.15) is 28.8 Å². The summed E-state index contributed by atoms with van der Waals surface area (Å²) in [7, 11) is 0. The molecular formula is C24H21N5O3S. The average molecular weight is 460 g/mol. The van der Waals surface area contributed by atoms with Crippen LogP contribution in [0.4, 0.5) is 0 Å². The minimum Gasteiger partial charge on any atom is -0.461 e. The third kappa shape index (κ3) is 3.45. The number of rotatable bonds is 5. The van der Waals surface area contributed by atoms with E-state index in [0.29, 0.717) is 23.8 Å². The average Bonchev–Trinajstić information content (AvgIpc) is 3.59. The van der Waals surface area contributed by atoms with Crippen molar-refractivity contribution in [1.82, 2.24) is 24.5 Å². The number of fused-ring (bicyclic) bond motifs is 5. The van der Waals surface area contributed by atoms with Gasteiger partial charge in [0, 0.05) is 11.4 Å². The van der Waals surface area contributed by atoms with Crippen LogP contribution in [0.3, 0.4) is 0 Å². The number of carbonyl (C=O) groups excluding carboxylic acids is 1. The number of aromatic nitrogens is 4. The molecule has 0 bridgehead atoms. The summed E-state index contributed by atoms with van der Waals surface area (Å²) in [5, 5.41) is 8.30. The first-order valence-electron chi connectivity index (χ1n) is 11.0. The first kappa shape index (κ1) is 19.9. The van der Waals surface area contributed by atoms with Crippen molar-refractivity contribution in [3.63, 3.8) is 0 Å². The fourth-order valence-electron chi connectivity index (χ4n) is 4.43. The second kappa shape index (κ2) is 8.00. The molecule has 0 unspecified atom stereocenters. The number of carbonyl (C=O) groups is 1. The molecule has 33 heavy (non-hydrogen) atoms. The van der Waals surface area contributed by atoms with Crippen LogP contribution in [-0.2, 0) is 30.7 Å². The van der Waals surface area contributed by atoms with Crippen molar-refractivity contribution in [3.8, 4) is 11.6 Å². The number of amides is 1. The van der Waals surface area contributed by atoms with Gasteiger partial charge in [0.15, 0.2) is 11.4 Å². The first-order chi connectivity index (χ1) is 16.2. The molecule has 0 atom stereocenters. The topological polar surface area (TPSA) is 94.4 Å². The van der Waals surface area contributed by atoms with Gasteiger partial charge in [0.1, 0.15) is 11.4 Å². The second-order valence-electron chi connectivity index (χ2n) is 8.17. The highest BCUT2D eigenvalue weighted by Gasteiger charge is 2.25. The molecule has 1 aliphatic rings. The molecule has 6 rings (SSSR count). The molecule has 0 spiro atoms. The summed E-state index contributed by atoms with van der Waals surface area (Å²) in [5.41, 5.74) is 2.38. The molecule has 1 aromatic carbocycles. The lowest BCUT2D eigenvalue weighted by atomic mass is 9.97. The maximum Gasteiger partial charge on any atom is 0.352 e. The molecule has 9 heteroatoms. The minimum absolute atomic E-state index is 0.0759. The molecule has 5 aromatic rings. The van der Waals surface area contributed by atoms with E-state index in [0.717, 1.165) is 41.5 Å². The van der Waals surface area contributed by atoms with E-state index in [4.69, 9.17) is 4.42 Å². The number of hydrogen-bond acceptors (Lipinski definition) is 6. The zero-order valence-corrected chi connectivity index (χ0v) is 18.6. The Kier molecular flexibility index (Phi) is 4.83. The molecule has 0 saturated heterocycles. The third-order valence-electron chi connectivity index (χ3n) is 6.02. The zero-order chi connectivity index (χ0) is 22.4. The van der Waals surface area contributed by atoms with Crippen LogP contribution in [-0.4, -0.2) is 25.1 Å². The Labute approximate surface area is 192 Å². The predicted molar refractivity (Wildman–Crippen MR) is 125 cm³/mol. The highest BCUT2D eigenvalue weighted by atomic mass is 32.1. The van der Waals surface area contributed by atoms with Crippen molar-refractivity contribution in [2.75, 3.05) is 0 Å². The van der Waals surface area contributed by atoms with Gasteiger partial charge in [0.05, 0.1) is 11.6 Å². The van der Waals surface area contributed by atoms with Gasteiger partial charge in [-0.3, -0.25) is 9.36 Å². The zero-order valence-electron chi connectivity index (χ0n) is 17.8. The van der Waals surface area contributed by atoms with Crippen molar-refractivity contribution < 1.29 is 9.21 Å². The third-order valence-corrected chi connectivity index (χ3v) is 7.33. The number of hydrogen-bond donors (Lipinski definition) is 1. The fourth-order valence-corrected chi connectivity index (χ4v) is 5.80. The molecule has 0 radical (unpaired) electrons. The Morgan fingerprint density at radius 1 is 1.12 bits per heavy atom. The van der Waals surface area contributed by atoms with Crippen LogP contribution in [0.25, 0.3) is 27.4 Å². The highest BCUT2D eigenvalue weighted by Crippen LogP contribution is 2.37. The predicted octanol–water partition coefficient (Wildman–Crippen LogP) is 3.56. The second-order valence-corrected chi connectivity index (χ2v) is 9.25. The summed E-state index contributed by atoms with van der Waals surface area (Å²) in [6, 6.07) is 13.2. The van der Waals surface area contributed by atoms with E-state index in [9.17, 15) is 9.59 Å². The number of benzene rings is 1. The Morgan fingerprint density at radius 2 is 1.97 bits per heavy atom. The van der Waals surface area contributed by atoms with Crippen LogP contribution in [0.15, 0.2) is 57.9 Å². The van der Waals surface area contributed by atoms with E-state index < -0.39 is 0 Å². The molecular weight excluding hydrogens is 438 g/mol. The van der Waals surface area contributed by atoms with Crippen LogP contribution in [0.5, 0.6) is 0 Å². The van der Waals surface area contributed by atoms with E-state index in [1.165, 1.54) is 19.5 Å². The molecule has 4 aromatic heterocycles. The molecule has 1 N–H and O–H groups in total. The smallest absolute Gasteiger partial charge is 0.352 e. The Morgan fingerprint density at radius 3 is 2.79 bits per heavy atom. The van der Waals surface area contributed by atoms with E-state index in [2.05, 4.69) is 15.4 Å². The van der Waals surface area contributed by atoms with Gasteiger partial charge in [-0.25, -0.2) is 9.78 Å². The van der Waals surface area contributed by atoms with Crippen molar-refractivity contribution in [2.24, 2.45) is 0 Å². The van der Waals surface area contributed by atoms with E-state index >= 15 is 0 Å². The quantitative estimate of drug-likeness (QED) is 0.434. The highest BCUT2D eigenvalue weighted by molar-refractivity contribution is 7.19. The summed E-state index contributed by atoms with van der Waals surface area (Å²) in [6.07, 6.45) is 5.70. The van der Waals surface area contributed by atoms with E-state index in [-0.39, 0.29) is 18.1 Å². The number of thiophene rings is 1.